The number of benzene rings is 1. The van der Waals surface area contributed by atoms with E-state index < -0.39 is 0 Å². The molecular formula is C12H13ClN2S. The Bertz CT molecular complexity index is 442. The van der Waals surface area contributed by atoms with E-state index in [4.69, 9.17) is 11.6 Å². The lowest BCUT2D eigenvalue weighted by Crippen LogP contribution is -2.18. The van der Waals surface area contributed by atoms with Crippen molar-refractivity contribution < 1.29 is 0 Å². The van der Waals surface area contributed by atoms with Gasteiger partial charge in [-0.15, -0.1) is 11.3 Å². The standard InChI is InChI=1S/C12H13ClN2S/c1-9(12-14-6-7-16-12)15-8-10-4-2-3-5-11(10)13/h2-7,9,15H,8H2,1H3. The van der Waals surface area contributed by atoms with Crippen molar-refractivity contribution in [2.75, 3.05) is 0 Å². The molecule has 0 fully saturated rings. The van der Waals surface area contributed by atoms with Crippen molar-refractivity contribution in [1.82, 2.24) is 10.3 Å². The fourth-order valence-electron chi connectivity index (χ4n) is 1.44. The quantitative estimate of drug-likeness (QED) is 0.899. The first-order valence-electron chi connectivity index (χ1n) is 5.13. The maximum absolute atomic E-state index is 6.08. The number of hydrogen-bond donors (Lipinski definition) is 1. The van der Waals surface area contributed by atoms with Gasteiger partial charge in [0.1, 0.15) is 5.01 Å². The summed E-state index contributed by atoms with van der Waals surface area (Å²) in [6, 6.07) is 8.14. The van der Waals surface area contributed by atoms with Gasteiger partial charge in [-0.05, 0) is 18.6 Å². The van der Waals surface area contributed by atoms with Crippen LogP contribution in [0.2, 0.25) is 5.02 Å². The third kappa shape index (κ3) is 2.82. The van der Waals surface area contributed by atoms with Crippen LogP contribution in [0.1, 0.15) is 23.5 Å². The molecule has 2 aromatic rings. The van der Waals surface area contributed by atoms with Crippen molar-refractivity contribution in [2.45, 2.75) is 19.5 Å². The third-order valence-corrected chi connectivity index (χ3v) is 3.71. The van der Waals surface area contributed by atoms with Crippen molar-refractivity contribution in [1.29, 1.82) is 0 Å². The average Bonchev–Trinajstić information content (AvgIpc) is 2.81. The van der Waals surface area contributed by atoms with Crippen molar-refractivity contribution in [2.24, 2.45) is 0 Å². The monoisotopic (exact) mass is 252 g/mol. The van der Waals surface area contributed by atoms with Crippen LogP contribution in [-0.4, -0.2) is 4.98 Å². The van der Waals surface area contributed by atoms with Crippen molar-refractivity contribution in [3.05, 3.63) is 51.4 Å². The highest BCUT2D eigenvalue weighted by atomic mass is 35.5. The first-order chi connectivity index (χ1) is 7.77. The Morgan fingerprint density at radius 1 is 1.44 bits per heavy atom. The molecule has 0 spiro atoms. The highest BCUT2D eigenvalue weighted by Gasteiger charge is 2.07. The lowest BCUT2D eigenvalue weighted by molar-refractivity contribution is 0.572. The van der Waals surface area contributed by atoms with Crippen LogP contribution in [0.4, 0.5) is 0 Å². The molecule has 1 atom stereocenters. The van der Waals surface area contributed by atoms with Crippen LogP contribution in [0, 0.1) is 0 Å². The molecule has 0 aliphatic carbocycles. The summed E-state index contributed by atoms with van der Waals surface area (Å²) in [6.07, 6.45) is 1.83. The van der Waals surface area contributed by atoms with E-state index in [1.54, 1.807) is 11.3 Å². The molecule has 1 unspecified atom stereocenters. The SMILES string of the molecule is CC(NCc1ccccc1Cl)c1nccs1. The van der Waals surface area contributed by atoms with E-state index in [2.05, 4.69) is 17.2 Å². The molecule has 0 radical (unpaired) electrons. The summed E-state index contributed by atoms with van der Waals surface area (Å²) in [5.74, 6) is 0. The first-order valence-corrected chi connectivity index (χ1v) is 6.39. The molecule has 0 bridgehead atoms. The van der Waals surface area contributed by atoms with Gasteiger partial charge in [-0.25, -0.2) is 4.98 Å². The van der Waals surface area contributed by atoms with E-state index in [1.807, 2.05) is 35.8 Å². The van der Waals surface area contributed by atoms with E-state index in [0.717, 1.165) is 22.1 Å². The molecule has 1 heterocycles. The van der Waals surface area contributed by atoms with Crippen LogP contribution in [0.15, 0.2) is 35.8 Å². The summed E-state index contributed by atoms with van der Waals surface area (Å²) in [6.45, 7) is 2.87. The Morgan fingerprint density at radius 2 is 2.25 bits per heavy atom. The van der Waals surface area contributed by atoms with E-state index in [1.165, 1.54) is 0 Å². The normalized spacial score (nSPS) is 12.6. The Balaban J connectivity index is 1.95. The average molecular weight is 253 g/mol. The minimum atomic E-state index is 0.260. The Kier molecular flexibility index (Phi) is 3.93. The molecule has 0 aliphatic rings. The van der Waals surface area contributed by atoms with E-state index in [9.17, 15) is 0 Å². The summed E-state index contributed by atoms with van der Waals surface area (Å²) >= 11 is 7.74. The zero-order valence-corrected chi connectivity index (χ0v) is 10.6. The van der Waals surface area contributed by atoms with Crippen LogP contribution in [0.5, 0.6) is 0 Å². The molecule has 84 valence electrons. The second-order valence-electron chi connectivity index (χ2n) is 3.56. The molecule has 16 heavy (non-hydrogen) atoms. The van der Waals surface area contributed by atoms with Crippen molar-refractivity contribution >= 4 is 22.9 Å². The smallest absolute Gasteiger partial charge is 0.109 e. The maximum atomic E-state index is 6.08. The molecule has 1 N–H and O–H groups in total. The number of aromatic nitrogens is 1. The number of nitrogens with zero attached hydrogens (tertiary/aromatic N) is 1. The summed E-state index contributed by atoms with van der Waals surface area (Å²) < 4.78 is 0. The minimum absolute atomic E-state index is 0.260. The third-order valence-electron chi connectivity index (χ3n) is 2.38. The summed E-state index contributed by atoms with van der Waals surface area (Å²) in [5.41, 5.74) is 1.12. The highest BCUT2D eigenvalue weighted by molar-refractivity contribution is 7.09. The Morgan fingerprint density at radius 3 is 2.94 bits per heavy atom. The molecule has 0 saturated heterocycles. The van der Waals surface area contributed by atoms with Crippen LogP contribution in [0.3, 0.4) is 0 Å². The van der Waals surface area contributed by atoms with Gasteiger partial charge in [-0.1, -0.05) is 29.8 Å². The summed E-state index contributed by atoms with van der Waals surface area (Å²) in [7, 11) is 0. The predicted molar refractivity (Wildman–Crippen MR) is 68.8 cm³/mol. The second kappa shape index (κ2) is 5.43. The molecule has 4 heteroatoms. The number of rotatable bonds is 4. The van der Waals surface area contributed by atoms with Gasteiger partial charge in [0.15, 0.2) is 0 Å². The van der Waals surface area contributed by atoms with Crippen molar-refractivity contribution in [3.8, 4) is 0 Å². The lowest BCUT2D eigenvalue weighted by atomic mass is 10.2. The molecule has 1 aromatic heterocycles. The van der Waals surface area contributed by atoms with Gasteiger partial charge in [-0.3, -0.25) is 0 Å². The predicted octanol–water partition coefficient (Wildman–Crippen LogP) is 3.65. The highest BCUT2D eigenvalue weighted by Crippen LogP contribution is 2.18. The van der Waals surface area contributed by atoms with Gasteiger partial charge < -0.3 is 5.32 Å². The molecule has 1 aromatic carbocycles. The van der Waals surface area contributed by atoms with Crippen LogP contribution in [0.25, 0.3) is 0 Å². The van der Waals surface area contributed by atoms with Crippen molar-refractivity contribution in [3.63, 3.8) is 0 Å². The molecule has 2 rings (SSSR count). The second-order valence-corrected chi connectivity index (χ2v) is 4.90. The fraction of sp³-hybridized carbons (Fsp3) is 0.250. The van der Waals surface area contributed by atoms with Crippen LogP contribution >= 0.6 is 22.9 Å². The van der Waals surface area contributed by atoms with E-state index in [-0.39, 0.29) is 6.04 Å². The molecular weight excluding hydrogens is 240 g/mol. The topological polar surface area (TPSA) is 24.9 Å². The molecule has 2 nitrogen and oxygen atoms in total. The molecule has 0 aliphatic heterocycles. The Labute approximate surface area is 104 Å². The van der Waals surface area contributed by atoms with Gasteiger partial charge in [0.2, 0.25) is 0 Å². The summed E-state index contributed by atoms with van der Waals surface area (Å²) in [5, 5.41) is 7.31. The number of thiazole rings is 1. The van der Waals surface area contributed by atoms with Gasteiger partial charge in [0.05, 0.1) is 6.04 Å². The van der Waals surface area contributed by atoms with Gasteiger partial charge in [-0.2, -0.15) is 0 Å². The van der Waals surface area contributed by atoms with E-state index >= 15 is 0 Å². The first kappa shape index (κ1) is 11.6. The van der Waals surface area contributed by atoms with Gasteiger partial charge >= 0.3 is 0 Å². The minimum Gasteiger partial charge on any atom is -0.304 e. The van der Waals surface area contributed by atoms with E-state index in [0.29, 0.717) is 0 Å². The largest absolute Gasteiger partial charge is 0.304 e. The maximum Gasteiger partial charge on any atom is 0.109 e. The fourth-order valence-corrected chi connectivity index (χ4v) is 2.31. The number of nitrogens with one attached hydrogen (secondary N) is 1. The molecule has 0 amide bonds. The van der Waals surface area contributed by atoms with Gasteiger partial charge in [0.25, 0.3) is 0 Å². The number of halogens is 1. The zero-order chi connectivity index (χ0) is 11.4. The van der Waals surface area contributed by atoms with Crippen LogP contribution < -0.4 is 5.32 Å². The lowest BCUT2D eigenvalue weighted by Gasteiger charge is -2.11. The zero-order valence-electron chi connectivity index (χ0n) is 8.98. The molecule has 0 saturated carbocycles. The number of hydrogen-bond acceptors (Lipinski definition) is 3. The summed E-state index contributed by atoms with van der Waals surface area (Å²) in [4.78, 5) is 4.27. The van der Waals surface area contributed by atoms with Gasteiger partial charge in [0, 0.05) is 23.1 Å². The van der Waals surface area contributed by atoms with Crippen LogP contribution in [-0.2, 0) is 6.54 Å². The Hall–Kier alpha value is -0.900.